The topological polar surface area (TPSA) is 71.2 Å². The monoisotopic (exact) mass is 458 g/mol. The summed E-state index contributed by atoms with van der Waals surface area (Å²) in [5, 5.41) is 19.6. The van der Waals surface area contributed by atoms with Crippen molar-refractivity contribution in [2.45, 2.75) is 18.0 Å². The first kappa shape index (κ1) is 19.0. The zero-order valence-electron chi connectivity index (χ0n) is 15.1. The number of hydrogen-bond donors (Lipinski definition) is 1. The first-order valence-electron chi connectivity index (χ1n) is 9.04. The second-order valence-electron chi connectivity index (χ2n) is 6.52. The Morgan fingerprint density at radius 1 is 1.11 bits per heavy atom. The van der Waals surface area contributed by atoms with Crippen LogP contribution in [-0.2, 0) is 4.79 Å². The molecular formula is C20H19BrN4O2S. The van der Waals surface area contributed by atoms with Crippen molar-refractivity contribution in [2.75, 3.05) is 18.8 Å². The van der Waals surface area contributed by atoms with Crippen LogP contribution in [0.2, 0.25) is 0 Å². The highest BCUT2D eigenvalue weighted by Gasteiger charge is 2.22. The van der Waals surface area contributed by atoms with Gasteiger partial charge in [0, 0.05) is 23.2 Å². The molecule has 0 bridgehead atoms. The van der Waals surface area contributed by atoms with Crippen LogP contribution in [0, 0.1) is 0 Å². The van der Waals surface area contributed by atoms with E-state index in [1.54, 1.807) is 12.1 Å². The Balaban J connectivity index is 1.70. The number of nitrogens with zero attached hydrogens (tertiary/aromatic N) is 4. The standard InChI is InChI=1S/C20H19BrN4O2S/c21-14-8-9-17(26)16(12-14)19-22-23-20(25(19)15-6-2-1-3-7-15)28-13-18(27)24-10-4-5-11-24/h1-3,6-9,12,26H,4-5,10-11,13H2. The normalized spacial score (nSPS) is 13.8. The number of phenols is 1. The van der Waals surface area contributed by atoms with Crippen LogP contribution in [0.15, 0.2) is 58.2 Å². The van der Waals surface area contributed by atoms with Crippen LogP contribution in [-0.4, -0.2) is 49.5 Å². The third kappa shape index (κ3) is 3.93. The fourth-order valence-electron chi connectivity index (χ4n) is 3.22. The maximum atomic E-state index is 12.4. The Morgan fingerprint density at radius 3 is 2.61 bits per heavy atom. The fourth-order valence-corrected chi connectivity index (χ4v) is 4.43. The van der Waals surface area contributed by atoms with Gasteiger partial charge in [-0.15, -0.1) is 10.2 Å². The number of hydrogen-bond acceptors (Lipinski definition) is 5. The van der Waals surface area contributed by atoms with Gasteiger partial charge in [-0.3, -0.25) is 9.36 Å². The van der Waals surface area contributed by atoms with Crippen molar-refractivity contribution < 1.29 is 9.90 Å². The lowest BCUT2D eigenvalue weighted by Gasteiger charge is -2.15. The molecule has 0 unspecified atom stereocenters. The zero-order chi connectivity index (χ0) is 19.5. The van der Waals surface area contributed by atoms with Crippen molar-refractivity contribution in [1.82, 2.24) is 19.7 Å². The molecule has 1 aliphatic heterocycles. The SMILES string of the molecule is O=C(CSc1nnc(-c2cc(Br)ccc2O)n1-c1ccccc1)N1CCCC1. The highest BCUT2D eigenvalue weighted by molar-refractivity contribution is 9.10. The number of likely N-dealkylation sites (tertiary alicyclic amines) is 1. The van der Waals surface area contributed by atoms with Gasteiger partial charge in [0.25, 0.3) is 0 Å². The average molecular weight is 459 g/mol. The van der Waals surface area contributed by atoms with Gasteiger partial charge < -0.3 is 10.0 Å². The number of phenolic OH excluding ortho intramolecular Hbond substituents is 1. The van der Waals surface area contributed by atoms with Crippen molar-refractivity contribution in [3.63, 3.8) is 0 Å². The molecule has 1 amide bonds. The predicted molar refractivity (Wildman–Crippen MR) is 113 cm³/mol. The van der Waals surface area contributed by atoms with Crippen LogP contribution in [0.25, 0.3) is 17.1 Å². The number of amides is 1. The van der Waals surface area contributed by atoms with Crippen LogP contribution >= 0.6 is 27.7 Å². The lowest BCUT2D eigenvalue weighted by Crippen LogP contribution is -2.29. The van der Waals surface area contributed by atoms with E-state index in [9.17, 15) is 9.90 Å². The number of thioether (sulfide) groups is 1. The van der Waals surface area contributed by atoms with Crippen molar-refractivity contribution in [3.05, 3.63) is 53.0 Å². The predicted octanol–water partition coefficient (Wildman–Crippen LogP) is 4.12. The first-order valence-corrected chi connectivity index (χ1v) is 10.8. The van der Waals surface area contributed by atoms with E-state index in [2.05, 4.69) is 26.1 Å². The lowest BCUT2D eigenvalue weighted by molar-refractivity contribution is -0.127. The summed E-state index contributed by atoms with van der Waals surface area (Å²) in [6.07, 6.45) is 2.14. The summed E-state index contributed by atoms with van der Waals surface area (Å²) in [5.74, 6) is 1.09. The van der Waals surface area contributed by atoms with Gasteiger partial charge in [0.05, 0.1) is 11.3 Å². The van der Waals surface area contributed by atoms with E-state index in [1.807, 2.05) is 45.9 Å². The average Bonchev–Trinajstić information content (AvgIpc) is 3.39. The largest absolute Gasteiger partial charge is 0.507 e. The molecule has 1 fully saturated rings. The summed E-state index contributed by atoms with van der Waals surface area (Å²) in [7, 11) is 0. The van der Waals surface area contributed by atoms with Crippen molar-refractivity contribution in [1.29, 1.82) is 0 Å². The first-order chi connectivity index (χ1) is 13.6. The van der Waals surface area contributed by atoms with Gasteiger partial charge in [0.15, 0.2) is 11.0 Å². The number of carbonyl (C=O) groups is 1. The molecule has 0 aliphatic carbocycles. The van der Waals surface area contributed by atoms with Crippen LogP contribution in [0.1, 0.15) is 12.8 Å². The molecule has 1 aliphatic rings. The number of rotatable bonds is 5. The van der Waals surface area contributed by atoms with Crippen molar-refractivity contribution in [3.8, 4) is 22.8 Å². The minimum absolute atomic E-state index is 0.122. The Morgan fingerprint density at radius 2 is 1.86 bits per heavy atom. The van der Waals surface area contributed by atoms with Crippen molar-refractivity contribution in [2.24, 2.45) is 0 Å². The number of aromatic nitrogens is 3. The molecule has 0 saturated carbocycles. The Kier molecular flexibility index (Phi) is 5.68. The number of aromatic hydroxyl groups is 1. The Hall–Kier alpha value is -2.32. The van der Waals surface area contributed by atoms with Crippen LogP contribution in [0.5, 0.6) is 5.75 Å². The van der Waals surface area contributed by atoms with E-state index in [-0.39, 0.29) is 11.7 Å². The Bertz CT molecular complexity index is 987. The van der Waals surface area contributed by atoms with E-state index in [1.165, 1.54) is 11.8 Å². The molecule has 1 N–H and O–H groups in total. The molecule has 1 aromatic heterocycles. The van der Waals surface area contributed by atoms with E-state index >= 15 is 0 Å². The molecule has 28 heavy (non-hydrogen) atoms. The maximum Gasteiger partial charge on any atom is 0.233 e. The van der Waals surface area contributed by atoms with Crippen LogP contribution in [0.4, 0.5) is 0 Å². The molecule has 0 atom stereocenters. The highest BCUT2D eigenvalue weighted by Crippen LogP contribution is 2.34. The second kappa shape index (κ2) is 8.36. The minimum Gasteiger partial charge on any atom is -0.507 e. The molecule has 0 spiro atoms. The van der Waals surface area contributed by atoms with Gasteiger partial charge in [-0.1, -0.05) is 45.9 Å². The quantitative estimate of drug-likeness (QED) is 0.582. The summed E-state index contributed by atoms with van der Waals surface area (Å²) in [6.45, 7) is 1.67. The summed E-state index contributed by atoms with van der Waals surface area (Å²) in [5.41, 5.74) is 1.45. The third-order valence-corrected chi connectivity index (χ3v) is 6.04. The summed E-state index contributed by atoms with van der Waals surface area (Å²) >= 11 is 4.81. The lowest BCUT2D eigenvalue weighted by atomic mass is 10.2. The number of carbonyl (C=O) groups excluding carboxylic acids is 1. The smallest absolute Gasteiger partial charge is 0.233 e. The molecule has 4 rings (SSSR count). The van der Waals surface area contributed by atoms with Gasteiger partial charge >= 0.3 is 0 Å². The summed E-state index contributed by atoms with van der Waals surface area (Å²) in [4.78, 5) is 14.3. The fraction of sp³-hybridized carbons (Fsp3) is 0.250. The van der Waals surface area contributed by atoms with E-state index < -0.39 is 0 Å². The van der Waals surface area contributed by atoms with E-state index in [0.717, 1.165) is 36.1 Å². The number of halogens is 1. The van der Waals surface area contributed by atoms with Gasteiger partial charge in [0.1, 0.15) is 5.75 Å². The molecule has 2 heterocycles. The number of benzene rings is 2. The van der Waals surface area contributed by atoms with Gasteiger partial charge in [-0.25, -0.2) is 0 Å². The van der Waals surface area contributed by atoms with E-state index in [0.29, 0.717) is 22.3 Å². The van der Waals surface area contributed by atoms with Crippen LogP contribution in [0.3, 0.4) is 0 Å². The molecular weight excluding hydrogens is 440 g/mol. The molecule has 1 saturated heterocycles. The van der Waals surface area contributed by atoms with Gasteiger partial charge in [-0.05, 0) is 43.2 Å². The molecule has 0 radical (unpaired) electrons. The Labute approximate surface area is 175 Å². The summed E-state index contributed by atoms with van der Waals surface area (Å²) < 4.78 is 2.71. The van der Waals surface area contributed by atoms with E-state index in [4.69, 9.17) is 0 Å². The number of para-hydroxylation sites is 1. The van der Waals surface area contributed by atoms with Gasteiger partial charge in [0.2, 0.25) is 5.91 Å². The summed E-state index contributed by atoms with van der Waals surface area (Å²) in [6, 6.07) is 14.9. The van der Waals surface area contributed by atoms with Crippen molar-refractivity contribution >= 4 is 33.6 Å². The van der Waals surface area contributed by atoms with Crippen LogP contribution < -0.4 is 0 Å². The molecule has 144 valence electrons. The molecule has 2 aromatic carbocycles. The van der Waals surface area contributed by atoms with Gasteiger partial charge in [-0.2, -0.15) is 0 Å². The highest BCUT2D eigenvalue weighted by atomic mass is 79.9. The second-order valence-corrected chi connectivity index (χ2v) is 8.37. The molecule has 3 aromatic rings. The molecule has 8 heteroatoms. The maximum absolute atomic E-state index is 12.4. The minimum atomic E-state index is 0.122. The zero-order valence-corrected chi connectivity index (χ0v) is 17.5. The third-order valence-electron chi connectivity index (χ3n) is 4.63. The molecule has 6 nitrogen and oxygen atoms in total.